The minimum atomic E-state index is -3.80. The van der Waals surface area contributed by atoms with E-state index < -0.39 is 10.0 Å². The van der Waals surface area contributed by atoms with Crippen molar-refractivity contribution in [3.05, 3.63) is 63.1 Å². The van der Waals surface area contributed by atoms with Gasteiger partial charge in [-0.3, -0.25) is 0 Å². The summed E-state index contributed by atoms with van der Waals surface area (Å²) < 4.78 is 25.2. The van der Waals surface area contributed by atoms with Gasteiger partial charge in [-0.05, 0) is 41.7 Å². The third kappa shape index (κ3) is 4.75. The summed E-state index contributed by atoms with van der Waals surface area (Å²) in [6.45, 7) is 7.83. The van der Waals surface area contributed by atoms with Gasteiger partial charge in [0.25, 0.3) is 10.0 Å². The van der Waals surface area contributed by atoms with Gasteiger partial charge in [0.15, 0.2) is 0 Å². The van der Waals surface area contributed by atoms with Crippen molar-refractivity contribution in [2.45, 2.75) is 38.0 Å². The zero-order chi connectivity index (χ0) is 18.8. The SMILES string of the molecule is Cc1ccc(C(C)(C)C)cc1S(=O)(=O)N/N=C/c1c(Cl)cccc1Cl. The lowest BCUT2D eigenvalue weighted by Crippen LogP contribution is -2.21. The fraction of sp³-hybridized carbons (Fsp3) is 0.278. The maximum absolute atomic E-state index is 12.6. The summed E-state index contributed by atoms with van der Waals surface area (Å²) in [5, 5.41) is 4.59. The molecule has 134 valence electrons. The maximum Gasteiger partial charge on any atom is 0.276 e. The van der Waals surface area contributed by atoms with Gasteiger partial charge in [0.05, 0.1) is 21.2 Å². The van der Waals surface area contributed by atoms with Crippen LogP contribution in [0.2, 0.25) is 10.0 Å². The molecule has 0 fully saturated rings. The molecule has 0 radical (unpaired) electrons. The molecule has 0 saturated carbocycles. The van der Waals surface area contributed by atoms with Gasteiger partial charge < -0.3 is 0 Å². The number of hydrazone groups is 1. The number of halogens is 2. The quantitative estimate of drug-likeness (QED) is 0.587. The van der Waals surface area contributed by atoms with Crippen molar-refractivity contribution in [2.75, 3.05) is 0 Å². The maximum atomic E-state index is 12.6. The summed E-state index contributed by atoms with van der Waals surface area (Å²) in [6.07, 6.45) is 1.30. The number of nitrogens with one attached hydrogen (secondary N) is 1. The molecule has 0 spiro atoms. The standard InChI is InChI=1S/C18H20Cl2N2O2S/c1-12-8-9-13(18(2,3)4)10-17(12)25(23,24)22-21-11-14-15(19)6-5-7-16(14)20/h5-11,22H,1-4H3/b21-11+. The van der Waals surface area contributed by atoms with Gasteiger partial charge in [-0.1, -0.05) is 62.2 Å². The molecule has 2 aromatic carbocycles. The second-order valence-corrected chi connectivity index (χ2v) is 9.16. The Morgan fingerprint density at radius 3 is 2.24 bits per heavy atom. The predicted molar refractivity (Wildman–Crippen MR) is 104 cm³/mol. The van der Waals surface area contributed by atoms with Crippen LogP contribution >= 0.6 is 23.2 Å². The fourth-order valence-corrected chi connectivity index (χ4v) is 3.76. The van der Waals surface area contributed by atoms with E-state index in [1.165, 1.54) is 6.21 Å². The van der Waals surface area contributed by atoms with Gasteiger partial charge in [-0.2, -0.15) is 13.5 Å². The molecule has 0 amide bonds. The second kappa shape index (κ2) is 7.36. The first-order valence-electron chi connectivity index (χ1n) is 7.62. The van der Waals surface area contributed by atoms with Gasteiger partial charge >= 0.3 is 0 Å². The minimum Gasteiger partial charge on any atom is -0.200 e. The van der Waals surface area contributed by atoms with Crippen LogP contribution in [0.15, 0.2) is 46.4 Å². The highest BCUT2D eigenvalue weighted by Gasteiger charge is 2.21. The third-order valence-electron chi connectivity index (χ3n) is 3.71. The van der Waals surface area contributed by atoms with E-state index in [0.29, 0.717) is 21.2 Å². The summed E-state index contributed by atoms with van der Waals surface area (Å²) in [4.78, 5) is 2.42. The molecule has 0 aliphatic heterocycles. The average molecular weight is 399 g/mol. The van der Waals surface area contributed by atoms with E-state index in [0.717, 1.165) is 5.56 Å². The lowest BCUT2D eigenvalue weighted by Gasteiger charge is -2.20. The zero-order valence-electron chi connectivity index (χ0n) is 14.5. The molecule has 0 heterocycles. The van der Waals surface area contributed by atoms with Gasteiger partial charge in [0.1, 0.15) is 0 Å². The van der Waals surface area contributed by atoms with Crippen LogP contribution in [0.25, 0.3) is 0 Å². The number of rotatable bonds is 4. The molecule has 0 aliphatic carbocycles. The Bertz CT molecular complexity index is 897. The largest absolute Gasteiger partial charge is 0.276 e. The molecule has 2 aromatic rings. The number of aryl methyl sites for hydroxylation is 1. The van der Waals surface area contributed by atoms with E-state index in [-0.39, 0.29) is 10.3 Å². The molecule has 7 heteroatoms. The first kappa shape index (κ1) is 19.8. The number of sulfonamides is 1. The number of nitrogens with zero attached hydrogens (tertiary/aromatic N) is 1. The van der Waals surface area contributed by atoms with Crippen molar-refractivity contribution in [1.29, 1.82) is 0 Å². The summed E-state index contributed by atoms with van der Waals surface area (Å²) in [7, 11) is -3.80. The summed E-state index contributed by atoms with van der Waals surface area (Å²) in [6, 6.07) is 10.4. The van der Waals surface area contributed by atoms with E-state index in [4.69, 9.17) is 23.2 Å². The normalized spacial score (nSPS) is 12.6. The topological polar surface area (TPSA) is 58.5 Å². The lowest BCUT2D eigenvalue weighted by molar-refractivity contribution is 0.577. The van der Waals surface area contributed by atoms with Gasteiger partial charge in [-0.25, -0.2) is 4.83 Å². The minimum absolute atomic E-state index is 0.160. The van der Waals surface area contributed by atoms with E-state index in [1.807, 2.05) is 26.8 Å². The molecule has 1 N–H and O–H groups in total. The van der Waals surface area contributed by atoms with Crippen LogP contribution < -0.4 is 4.83 Å². The zero-order valence-corrected chi connectivity index (χ0v) is 16.8. The van der Waals surface area contributed by atoms with Crippen molar-refractivity contribution in [3.63, 3.8) is 0 Å². The lowest BCUT2D eigenvalue weighted by atomic mass is 9.87. The van der Waals surface area contributed by atoms with E-state index >= 15 is 0 Å². The van der Waals surface area contributed by atoms with E-state index in [9.17, 15) is 8.42 Å². The number of benzene rings is 2. The molecule has 25 heavy (non-hydrogen) atoms. The summed E-state index contributed by atoms with van der Waals surface area (Å²) >= 11 is 12.1. The first-order valence-corrected chi connectivity index (χ1v) is 9.86. The molecule has 0 aliphatic rings. The fourth-order valence-electron chi connectivity index (χ4n) is 2.20. The van der Waals surface area contributed by atoms with Crippen LogP contribution in [0.4, 0.5) is 0 Å². The van der Waals surface area contributed by atoms with Crippen LogP contribution in [0.1, 0.15) is 37.5 Å². The Kier molecular flexibility index (Phi) is 5.82. The highest BCUT2D eigenvalue weighted by atomic mass is 35.5. The van der Waals surface area contributed by atoms with Crippen LogP contribution in [-0.2, 0) is 15.4 Å². The highest BCUT2D eigenvalue weighted by molar-refractivity contribution is 7.89. The number of hydrogen-bond donors (Lipinski definition) is 1. The molecular weight excluding hydrogens is 379 g/mol. The smallest absolute Gasteiger partial charge is 0.200 e. The molecule has 0 unspecified atom stereocenters. The van der Waals surface area contributed by atoms with Crippen molar-refractivity contribution in [1.82, 2.24) is 4.83 Å². The van der Waals surface area contributed by atoms with Gasteiger partial charge in [-0.15, -0.1) is 0 Å². The Morgan fingerprint density at radius 1 is 1.08 bits per heavy atom. The van der Waals surface area contributed by atoms with Crippen molar-refractivity contribution in [2.24, 2.45) is 5.10 Å². The summed E-state index contributed by atoms with van der Waals surface area (Å²) in [5.74, 6) is 0. The van der Waals surface area contributed by atoms with Crippen molar-refractivity contribution in [3.8, 4) is 0 Å². The Balaban J connectivity index is 2.33. The van der Waals surface area contributed by atoms with E-state index in [1.54, 1.807) is 37.3 Å². The average Bonchev–Trinajstić information content (AvgIpc) is 2.49. The molecule has 0 aromatic heterocycles. The van der Waals surface area contributed by atoms with Crippen LogP contribution in [0.3, 0.4) is 0 Å². The molecule has 0 saturated heterocycles. The van der Waals surface area contributed by atoms with Crippen molar-refractivity contribution >= 4 is 39.4 Å². The monoisotopic (exact) mass is 398 g/mol. The third-order valence-corrected chi connectivity index (χ3v) is 5.73. The highest BCUT2D eigenvalue weighted by Crippen LogP contribution is 2.27. The molecule has 0 atom stereocenters. The Labute approximate surface area is 158 Å². The first-order chi connectivity index (χ1) is 11.5. The Morgan fingerprint density at radius 2 is 1.68 bits per heavy atom. The Hall–Kier alpha value is -1.56. The van der Waals surface area contributed by atoms with Crippen LogP contribution in [0.5, 0.6) is 0 Å². The van der Waals surface area contributed by atoms with Crippen LogP contribution in [-0.4, -0.2) is 14.6 Å². The number of hydrogen-bond acceptors (Lipinski definition) is 3. The van der Waals surface area contributed by atoms with Gasteiger partial charge in [0, 0.05) is 5.56 Å². The molecule has 2 rings (SSSR count). The molecule has 4 nitrogen and oxygen atoms in total. The predicted octanol–water partition coefficient (Wildman–Crippen LogP) is 4.91. The van der Waals surface area contributed by atoms with Gasteiger partial charge in [0.2, 0.25) is 0 Å². The van der Waals surface area contributed by atoms with Crippen LogP contribution in [0, 0.1) is 6.92 Å². The second-order valence-electron chi connectivity index (χ2n) is 6.72. The van der Waals surface area contributed by atoms with E-state index in [2.05, 4.69) is 9.93 Å². The molecule has 0 bridgehead atoms. The molecular formula is C18H20Cl2N2O2S. The summed E-state index contributed by atoms with van der Waals surface area (Å²) in [5.41, 5.74) is 1.86. The van der Waals surface area contributed by atoms with Crippen molar-refractivity contribution < 1.29 is 8.42 Å².